The van der Waals surface area contributed by atoms with Crippen molar-refractivity contribution < 1.29 is 0 Å². The van der Waals surface area contributed by atoms with E-state index < -0.39 is 0 Å². The van der Waals surface area contributed by atoms with Gasteiger partial charge < -0.3 is 0 Å². The Kier molecular flexibility index (Phi) is 5.64. The average molecular weight is 304 g/mol. The molecule has 23 heavy (non-hydrogen) atoms. The Bertz CT molecular complexity index is 745. The van der Waals surface area contributed by atoms with Crippen molar-refractivity contribution in [2.45, 2.75) is 20.8 Å². The summed E-state index contributed by atoms with van der Waals surface area (Å²) in [5, 5.41) is 0. The van der Waals surface area contributed by atoms with Crippen molar-refractivity contribution in [3.63, 3.8) is 0 Å². The summed E-state index contributed by atoms with van der Waals surface area (Å²) in [6, 6.07) is 17.1. The number of benzene rings is 2. The predicted octanol–water partition coefficient (Wildman–Crippen LogP) is 5.01. The van der Waals surface area contributed by atoms with Crippen LogP contribution in [0, 0.1) is 13.8 Å². The van der Waals surface area contributed by atoms with Gasteiger partial charge in [-0.05, 0) is 31.9 Å². The van der Waals surface area contributed by atoms with Crippen LogP contribution in [-0.2, 0) is 0 Å². The first kappa shape index (κ1) is 16.9. The highest BCUT2D eigenvalue weighted by molar-refractivity contribution is 6.37. The van der Waals surface area contributed by atoms with Gasteiger partial charge in [-0.2, -0.15) is 0 Å². The Hall–Kier alpha value is -2.48. The molecule has 0 heterocycles. The highest BCUT2D eigenvalue weighted by Crippen LogP contribution is 2.27. The van der Waals surface area contributed by atoms with E-state index in [1.54, 1.807) is 7.05 Å². The smallest absolute Gasteiger partial charge is 0.0398 e. The molecule has 2 aromatic rings. The molecule has 0 aromatic heterocycles. The minimum Gasteiger partial charge on any atom is -0.296 e. The summed E-state index contributed by atoms with van der Waals surface area (Å²) in [4.78, 5) is 8.71. The quantitative estimate of drug-likeness (QED) is 0.560. The molecule has 0 bridgehead atoms. The van der Waals surface area contributed by atoms with Crippen molar-refractivity contribution in [2.24, 2.45) is 9.98 Å². The molecule has 0 amide bonds. The number of hydrogen-bond donors (Lipinski definition) is 0. The lowest BCUT2D eigenvalue weighted by Crippen LogP contribution is -2.03. The molecule has 0 aliphatic heterocycles. The number of nitrogens with zero attached hydrogens (tertiary/aromatic N) is 2. The molecule has 0 unspecified atom stereocenters. The molecule has 0 atom stereocenters. The van der Waals surface area contributed by atoms with Gasteiger partial charge in [-0.3, -0.25) is 9.98 Å². The molecule has 2 rings (SSSR count). The van der Waals surface area contributed by atoms with Crippen LogP contribution in [-0.4, -0.2) is 26.0 Å². The molecule has 2 aromatic carbocycles. The minimum atomic E-state index is 1.00. The van der Waals surface area contributed by atoms with E-state index >= 15 is 0 Å². The van der Waals surface area contributed by atoms with Gasteiger partial charge in [0.15, 0.2) is 0 Å². The molecular formula is C21H24N2. The SMILES string of the molecule is CN=C/C(=C(\C(C)=NC)c1ccc(C)cc1)c1ccc(C)cc1. The van der Waals surface area contributed by atoms with Gasteiger partial charge in [0.2, 0.25) is 0 Å². The summed E-state index contributed by atoms with van der Waals surface area (Å²) in [5.74, 6) is 0. The molecule has 0 radical (unpaired) electrons. The molecule has 2 heteroatoms. The van der Waals surface area contributed by atoms with Gasteiger partial charge in [-0.1, -0.05) is 59.7 Å². The first-order valence-electron chi connectivity index (χ1n) is 7.81. The molecule has 0 saturated heterocycles. The van der Waals surface area contributed by atoms with E-state index in [4.69, 9.17) is 0 Å². The van der Waals surface area contributed by atoms with E-state index in [0.717, 1.165) is 28.0 Å². The largest absolute Gasteiger partial charge is 0.296 e. The summed E-state index contributed by atoms with van der Waals surface area (Å²) in [6.45, 7) is 6.25. The van der Waals surface area contributed by atoms with Gasteiger partial charge >= 0.3 is 0 Å². The van der Waals surface area contributed by atoms with Crippen molar-refractivity contribution >= 4 is 23.1 Å². The lowest BCUT2D eigenvalue weighted by molar-refractivity contribution is 1.42. The molecule has 0 fully saturated rings. The lowest BCUT2D eigenvalue weighted by Gasteiger charge is -2.14. The second-order valence-electron chi connectivity index (χ2n) is 5.72. The van der Waals surface area contributed by atoms with E-state index in [9.17, 15) is 0 Å². The van der Waals surface area contributed by atoms with Crippen molar-refractivity contribution in [3.8, 4) is 0 Å². The summed E-state index contributed by atoms with van der Waals surface area (Å²) < 4.78 is 0. The highest BCUT2D eigenvalue weighted by Gasteiger charge is 2.13. The second-order valence-corrected chi connectivity index (χ2v) is 5.72. The zero-order valence-corrected chi connectivity index (χ0v) is 14.6. The van der Waals surface area contributed by atoms with E-state index in [1.807, 2.05) is 20.2 Å². The Balaban J connectivity index is 2.74. The van der Waals surface area contributed by atoms with Gasteiger partial charge in [-0.15, -0.1) is 0 Å². The molecule has 2 nitrogen and oxygen atoms in total. The number of hydrogen-bond acceptors (Lipinski definition) is 2. The Morgan fingerprint density at radius 2 is 1.26 bits per heavy atom. The third-order valence-corrected chi connectivity index (χ3v) is 3.93. The number of allylic oxidation sites excluding steroid dienone is 2. The second kappa shape index (κ2) is 7.68. The lowest BCUT2D eigenvalue weighted by atomic mass is 9.91. The summed E-state index contributed by atoms with van der Waals surface area (Å²) >= 11 is 0. The van der Waals surface area contributed by atoms with Gasteiger partial charge in [0.25, 0.3) is 0 Å². The topological polar surface area (TPSA) is 24.7 Å². The van der Waals surface area contributed by atoms with Crippen LogP contribution in [0.3, 0.4) is 0 Å². The Morgan fingerprint density at radius 1 is 0.783 bits per heavy atom. The number of aryl methyl sites for hydroxylation is 2. The van der Waals surface area contributed by atoms with Crippen LogP contribution in [0.2, 0.25) is 0 Å². The minimum absolute atomic E-state index is 1.00. The molecule has 0 aliphatic rings. The normalized spacial score (nSPS) is 13.3. The van der Waals surface area contributed by atoms with Crippen molar-refractivity contribution in [1.29, 1.82) is 0 Å². The maximum atomic E-state index is 4.43. The van der Waals surface area contributed by atoms with E-state index in [-0.39, 0.29) is 0 Å². The maximum absolute atomic E-state index is 4.43. The molecule has 0 N–H and O–H groups in total. The van der Waals surface area contributed by atoms with Crippen LogP contribution in [0.4, 0.5) is 0 Å². The van der Waals surface area contributed by atoms with Gasteiger partial charge in [0.05, 0.1) is 0 Å². The van der Waals surface area contributed by atoms with E-state index in [2.05, 4.69) is 72.4 Å². The number of aliphatic imine (C=N–C) groups is 2. The zero-order chi connectivity index (χ0) is 16.8. The fourth-order valence-corrected chi connectivity index (χ4v) is 2.54. The highest BCUT2D eigenvalue weighted by atomic mass is 14.7. The monoisotopic (exact) mass is 304 g/mol. The standard InChI is InChI=1S/C21H24N2/c1-15-6-10-18(11-7-15)20(14-22-4)21(17(3)23-5)19-12-8-16(2)9-13-19/h6-14H,1-5H3/b21-20-,22-14?,23-17?. The first-order chi connectivity index (χ1) is 11.1. The van der Waals surface area contributed by atoms with Gasteiger partial charge in [-0.25, -0.2) is 0 Å². The predicted molar refractivity (Wildman–Crippen MR) is 103 cm³/mol. The maximum Gasteiger partial charge on any atom is 0.0398 e. The van der Waals surface area contributed by atoms with Crippen LogP contribution >= 0.6 is 0 Å². The fourth-order valence-electron chi connectivity index (χ4n) is 2.54. The molecule has 118 valence electrons. The van der Waals surface area contributed by atoms with Gasteiger partial charge in [0.1, 0.15) is 0 Å². The summed E-state index contributed by atoms with van der Waals surface area (Å²) in [5.41, 5.74) is 8.04. The molecule has 0 saturated carbocycles. The Morgan fingerprint density at radius 3 is 1.70 bits per heavy atom. The van der Waals surface area contributed by atoms with Crippen LogP contribution in [0.1, 0.15) is 29.2 Å². The third-order valence-electron chi connectivity index (χ3n) is 3.93. The zero-order valence-electron chi connectivity index (χ0n) is 14.6. The van der Waals surface area contributed by atoms with Crippen LogP contribution in [0.5, 0.6) is 0 Å². The van der Waals surface area contributed by atoms with Crippen LogP contribution in [0.15, 0.2) is 58.5 Å². The average Bonchev–Trinajstić information content (AvgIpc) is 2.56. The van der Waals surface area contributed by atoms with Crippen molar-refractivity contribution in [3.05, 3.63) is 70.8 Å². The van der Waals surface area contributed by atoms with E-state index in [1.165, 1.54) is 11.1 Å². The number of rotatable bonds is 4. The fraction of sp³-hybridized carbons (Fsp3) is 0.238. The van der Waals surface area contributed by atoms with Crippen molar-refractivity contribution in [1.82, 2.24) is 0 Å². The molecule has 0 spiro atoms. The Labute approximate surface area is 139 Å². The van der Waals surface area contributed by atoms with Crippen LogP contribution < -0.4 is 0 Å². The third kappa shape index (κ3) is 4.04. The molecular weight excluding hydrogens is 280 g/mol. The first-order valence-corrected chi connectivity index (χ1v) is 7.81. The van der Waals surface area contributed by atoms with Gasteiger partial charge in [0, 0.05) is 37.2 Å². The van der Waals surface area contributed by atoms with Crippen LogP contribution in [0.25, 0.3) is 11.1 Å². The summed E-state index contributed by atoms with van der Waals surface area (Å²) in [7, 11) is 3.64. The molecule has 0 aliphatic carbocycles. The van der Waals surface area contributed by atoms with E-state index in [0.29, 0.717) is 0 Å². The van der Waals surface area contributed by atoms with Crippen molar-refractivity contribution in [2.75, 3.05) is 14.1 Å². The summed E-state index contributed by atoms with van der Waals surface area (Å²) in [6.07, 6.45) is 1.93.